The molecular formula is C7H4BrFIN3. The average molecular weight is 356 g/mol. The van der Waals surface area contributed by atoms with E-state index in [1.54, 1.807) is 6.20 Å². The fourth-order valence-electron chi connectivity index (χ4n) is 1.10. The third-order valence-corrected chi connectivity index (χ3v) is 4.34. The quantitative estimate of drug-likeness (QED) is 0.433. The molecule has 0 saturated heterocycles. The molecule has 1 heterocycles. The molecule has 0 aliphatic heterocycles. The molecule has 68 valence electrons. The van der Waals surface area contributed by atoms with Crippen molar-refractivity contribution in [1.29, 1.82) is 0 Å². The molecule has 0 bridgehead atoms. The van der Waals surface area contributed by atoms with Crippen LogP contribution < -0.4 is 5.73 Å². The van der Waals surface area contributed by atoms with Crippen molar-refractivity contribution in [3.8, 4) is 0 Å². The van der Waals surface area contributed by atoms with Crippen LogP contribution in [0.25, 0.3) is 10.9 Å². The van der Waals surface area contributed by atoms with Gasteiger partial charge in [0.15, 0.2) is 5.82 Å². The molecule has 3 N–H and O–H groups in total. The molecule has 0 radical (unpaired) electrons. The Kier molecular flexibility index (Phi) is 2.18. The monoisotopic (exact) mass is 355 g/mol. The number of aromatic nitrogens is 2. The first kappa shape index (κ1) is 9.20. The predicted octanol–water partition coefficient (Wildman–Crippen LogP) is 2.65. The standard InChI is InChI=1S/C7H4BrFIN3/c8-3-2-1-12-13-7(2)6(11)4(9)5(3)10/h1H,11H2,(H,12,13). The fourth-order valence-corrected chi connectivity index (χ4v) is 2.16. The Morgan fingerprint density at radius 1 is 1.62 bits per heavy atom. The largest absolute Gasteiger partial charge is 0.395 e. The molecule has 0 spiro atoms. The zero-order valence-electron chi connectivity index (χ0n) is 6.24. The zero-order valence-corrected chi connectivity index (χ0v) is 9.98. The van der Waals surface area contributed by atoms with E-state index in [1.807, 2.05) is 22.6 Å². The third kappa shape index (κ3) is 1.23. The minimum Gasteiger partial charge on any atom is -0.395 e. The maximum Gasteiger partial charge on any atom is 0.162 e. The predicted molar refractivity (Wildman–Crippen MR) is 60.9 cm³/mol. The summed E-state index contributed by atoms with van der Waals surface area (Å²) < 4.78 is 14.5. The number of nitrogens with one attached hydrogen (secondary N) is 1. The van der Waals surface area contributed by atoms with Gasteiger partial charge in [-0.3, -0.25) is 5.10 Å². The Labute approximate surface area is 95.1 Å². The summed E-state index contributed by atoms with van der Waals surface area (Å²) in [7, 11) is 0. The molecule has 3 nitrogen and oxygen atoms in total. The van der Waals surface area contributed by atoms with Crippen LogP contribution in [0, 0.1) is 9.39 Å². The molecule has 2 rings (SSSR count). The molecule has 0 aliphatic rings. The molecule has 0 amide bonds. The lowest BCUT2D eigenvalue weighted by Gasteiger charge is -2.03. The van der Waals surface area contributed by atoms with Crippen LogP contribution in [0.15, 0.2) is 10.7 Å². The van der Waals surface area contributed by atoms with Gasteiger partial charge >= 0.3 is 0 Å². The molecule has 1 aromatic carbocycles. The summed E-state index contributed by atoms with van der Waals surface area (Å²) in [5.74, 6) is -0.413. The Balaban J connectivity index is 3.02. The first-order chi connectivity index (χ1) is 6.13. The van der Waals surface area contributed by atoms with E-state index >= 15 is 0 Å². The van der Waals surface area contributed by atoms with Gasteiger partial charge in [-0.2, -0.15) is 5.10 Å². The normalized spacial score (nSPS) is 11.0. The summed E-state index contributed by atoms with van der Waals surface area (Å²) in [6.45, 7) is 0. The summed E-state index contributed by atoms with van der Waals surface area (Å²) in [4.78, 5) is 0. The Hall–Kier alpha value is -0.370. The highest BCUT2D eigenvalue weighted by molar-refractivity contribution is 14.1. The summed E-state index contributed by atoms with van der Waals surface area (Å²) in [5.41, 5.74) is 6.20. The molecule has 13 heavy (non-hydrogen) atoms. The van der Waals surface area contributed by atoms with Crippen molar-refractivity contribution in [1.82, 2.24) is 10.2 Å². The van der Waals surface area contributed by atoms with Crippen LogP contribution in [-0.2, 0) is 0 Å². The van der Waals surface area contributed by atoms with Gasteiger partial charge in [-0.1, -0.05) is 0 Å². The Morgan fingerprint density at radius 2 is 2.31 bits per heavy atom. The topological polar surface area (TPSA) is 54.7 Å². The third-order valence-electron chi connectivity index (χ3n) is 1.77. The Bertz CT molecular complexity index is 440. The number of nitrogens with two attached hydrogens (primary N) is 1. The number of halogens is 3. The Morgan fingerprint density at radius 3 is 3.00 bits per heavy atom. The van der Waals surface area contributed by atoms with Crippen LogP contribution in [0.3, 0.4) is 0 Å². The van der Waals surface area contributed by atoms with Gasteiger partial charge in [0.1, 0.15) is 0 Å². The van der Waals surface area contributed by atoms with E-state index in [0.717, 1.165) is 5.39 Å². The number of H-pyrrole nitrogens is 1. The fraction of sp³-hybridized carbons (Fsp3) is 0. The van der Waals surface area contributed by atoms with Crippen molar-refractivity contribution in [2.24, 2.45) is 0 Å². The van der Waals surface area contributed by atoms with Gasteiger partial charge in [-0.05, 0) is 38.5 Å². The van der Waals surface area contributed by atoms with Gasteiger partial charge in [-0.25, -0.2) is 4.39 Å². The molecule has 1 aromatic heterocycles. The number of rotatable bonds is 0. The number of nitrogen functional groups attached to an aromatic ring is 1. The van der Waals surface area contributed by atoms with Crippen LogP contribution in [0.1, 0.15) is 0 Å². The van der Waals surface area contributed by atoms with Gasteiger partial charge in [0, 0.05) is 9.86 Å². The van der Waals surface area contributed by atoms with Crippen molar-refractivity contribution < 1.29 is 4.39 Å². The van der Waals surface area contributed by atoms with E-state index in [1.165, 1.54) is 0 Å². The highest BCUT2D eigenvalue weighted by Gasteiger charge is 2.15. The number of nitrogens with zero attached hydrogens (tertiary/aromatic N) is 1. The first-order valence-electron chi connectivity index (χ1n) is 3.38. The van der Waals surface area contributed by atoms with E-state index in [9.17, 15) is 4.39 Å². The van der Waals surface area contributed by atoms with Gasteiger partial charge in [0.2, 0.25) is 0 Å². The molecular weight excluding hydrogens is 352 g/mol. The zero-order chi connectivity index (χ0) is 9.59. The number of aromatic amines is 1. The summed E-state index contributed by atoms with van der Waals surface area (Å²) in [6, 6.07) is 0. The van der Waals surface area contributed by atoms with E-state index in [4.69, 9.17) is 5.73 Å². The van der Waals surface area contributed by atoms with Gasteiger partial charge < -0.3 is 5.73 Å². The number of anilines is 1. The summed E-state index contributed by atoms with van der Waals surface area (Å²) >= 11 is 5.18. The lowest BCUT2D eigenvalue weighted by molar-refractivity contribution is 0.625. The second kappa shape index (κ2) is 3.09. The molecule has 6 heteroatoms. The van der Waals surface area contributed by atoms with Crippen molar-refractivity contribution in [2.45, 2.75) is 0 Å². The molecule has 0 saturated carbocycles. The second-order valence-corrected chi connectivity index (χ2v) is 4.39. The van der Waals surface area contributed by atoms with E-state index in [-0.39, 0.29) is 5.69 Å². The number of benzene rings is 1. The lowest BCUT2D eigenvalue weighted by atomic mass is 10.2. The maximum absolute atomic E-state index is 13.4. The van der Waals surface area contributed by atoms with Gasteiger partial charge in [0.25, 0.3) is 0 Å². The lowest BCUT2D eigenvalue weighted by Crippen LogP contribution is -1.96. The van der Waals surface area contributed by atoms with Crippen molar-refractivity contribution in [3.63, 3.8) is 0 Å². The summed E-state index contributed by atoms with van der Waals surface area (Å²) in [6.07, 6.45) is 1.61. The molecule has 0 unspecified atom stereocenters. The van der Waals surface area contributed by atoms with E-state index in [2.05, 4.69) is 26.1 Å². The van der Waals surface area contributed by atoms with Crippen LogP contribution in [0.2, 0.25) is 0 Å². The molecule has 2 aromatic rings. The minimum atomic E-state index is -0.413. The maximum atomic E-state index is 13.4. The van der Waals surface area contributed by atoms with Crippen LogP contribution in [0.5, 0.6) is 0 Å². The highest BCUT2D eigenvalue weighted by atomic mass is 127. The highest BCUT2D eigenvalue weighted by Crippen LogP contribution is 2.34. The van der Waals surface area contributed by atoms with Crippen LogP contribution >= 0.6 is 38.5 Å². The number of fused-ring (bicyclic) bond motifs is 1. The molecule has 0 atom stereocenters. The van der Waals surface area contributed by atoms with Crippen molar-refractivity contribution in [3.05, 3.63) is 20.1 Å². The average Bonchev–Trinajstić information content (AvgIpc) is 2.59. The smallest absolute Gasteiger partial charge is 0.162 e. The number of hydrogen-bond donors (Lipinski definition) is 2. The van der Waals surface area contributed by atoms with E-state index in [0.29, 0.717) is 13.6 Å². The van der Waals surface area contributed by atoms with Gasteiger partial charge in [-0.15, -0.1) is 0 Å². The van der Waals surface area contributed by atoms with Crippen molar-refractivity contribution >= 4 is 55.1 Å². The first-order valence-corrected chi connectivity index (χ1v) is 5.25. The molecule has 0 aliphatic carbocycles. The van der Waals surface area contributed by atoms with Crippen molar-refractivity contribution in [2.75, 3.05) is 5.73 Å². The number of hydrogen-bond acceptors (Lipinski definition) is 2. The SMILES string of the molecule is Nc1c(F)c(I)c(Br)c2cn[nH]c12. The summed E-state index contributed by atoms with van der Waals surface area (Å²) in [5, 5.41) is 7.24. The van der Waals surface area contributed by atoms with Gasteiger partial charge in [0.05, 0.1) is 21.0 Å². The second-order valence-electron chi connectivity index (χ2n) is 2.51. The van der Waals surface area contributed by atoms with Crippen LogP contribution in [0.4, 0.5) is 10.1 Å². The minimum absolute atomic E-state index is 0.111. The van der Waals surface area contributed by atoms with E-state index < -0.39 is 5.82 Å². The molecule has 0 fully saturated rings. The van der Waals surface area contributed by atoms with Crippen LogP contribution in [-0.4, -0.2) is 10.2 Å².